The molecule has 1 aliphatic carbocycles. The van der Waals surface area contributed by atoms with Gasteiger partial charge in [-0.2, -0.15) is 0 Å². The third kappa shape index (κ3) is 4.96. The molecule has 0 spiro atoms. The molecule has 1 aliphatic rings. The maximum Gasteiger partial charge on any atom is 0.0771 e. The summed E-state index contributed by atoms with van der Waals surface area (Å²) in [5.74, 6) is 0.516. The van der Waals surface area contributed by atoms with E-state index in [4.69, 9.17) is 4.74 Å². The largest absolute Gasteiger partial charge is 0.389 e. The molecule has 1 atom stereocenters. The highest BCUT2D eigenvalue weighted by atomic mass is 16.5. The van der Waals surface area contributed by atoms with Gasteiger partial charge in [-0.1, -0.05) is 26.2 Å². The molecular weight excluding hydrogens is 190 g/mol. The van der Waals surface area contributed by atoms with Crippen molar-refractivity contribution in [3.8, 4) is 0 Å². The molecule has 1 unspecified atom stereocenters. The predicted molar refractivity (Wildman–Crippen MR) is 61.9 cm³/mol. The van der Waals surface area contributed by atoms with E-state index in [1.807, 2.05) is 0 Å². The highest BCUT2D eigenvalue weighted by Gasteiger charge is 2.28. The number of rotatable bonds is 6. The van der Waals surface area contributed by atoms with E-state index >= 15 is 0 Å². The topological polar surface area (TPSA) is 41.5 Å². The molecule has 1 rings (SSSR count). The summed E-state index contributed by atoms with van der Waals surface area (Å²) in [5.41, 5.74) is -0.439. The first-order chi connectivity index (χ1) is 7.16. The van der Waals surface area contributed by atoms with E-state index in [-0.39, 0.29) is 0 Å². The predicted octanol–water partition coefficient (Wildman–Crippen LogP) is 1.55. The van der Waals surface area contributed by atoms with Crippen LogP contribution in [0.5, 0.6) is 0 Å². The van der Waals surface area contributed by atoms with Gasteiger partial charge in [0.25, 0.3) is 0 Å². The highest BCUT2D eigenvalue weighted by molar-refractivity contribution is 4.84. The van der Waals surface area contributed by atoms with Crippen molar-refractivity contribution in [3.63, 3.8) is 0 Å². The normalized spacial score (nSPS) is 22.6. The van der Waals surface area contributed by atoms with Gasteiger partial charge in [-0.05, 0) is 18.8 Å². The van der Waals surface area contributed by atoms with Crippen LogP contribution in [0.1, 0.15) is 39.0 Å². The van der Waals surface area contributed by atoms with E-state index in [0.717, 1.165) is 32.5 Å². The van der Waals surface area contributed by atoms with Crippen LogP contribution in [0.15, 0.2) is 0 Å². The second-order valence-electron chi connectivity index (χ2n) is 4.98. The number of nitrogens with one attached hydrogen (secondary N) is 1. The molecule has 0 saturated heterocycles. The summed E-state index contributed by atoms with van der Waals surface area (Å²) < 4.78 is 5.07. The Morgan fingerprint density at radius 2 is 2.00 bits per heavy atom. The summed E-state index contributed by atoms with van der Waals surface area (Å²) >= 11 is 0. The first-order valence-corrected chi connectivity index (χ1v) is 6.08. The summed E-state index contributed by atoms with van der Waals surface area (Å²) in [4.78, 5) is 0. The van der Waals surface area contributed by atoms with Crippen molar-refractivity contribution in [1.29, 1.82) is 0 Å². The minimum atomic E-state index is -0.439. The lowest BCUT2D eigenvalue weighted by Gasteiger charge is -2.32. The summed E-state index contributed by atoms with van der Waals surface area (Å²) in [7, 11) is 1.73. The first kappa shape index (κ1) is 12.9. The number of hydrogen-bond donors (Lipinski definition) is 2. The second kappa shape index (κ2) is 6.46. The van der Waals surface area contributed by atoms with Crippen molar-refractivity contribution < 1.29 is 9.84 Å². The van der Waals surface area contributed by atoms with E-state index in [9.17, 15) is 5.11 Å². The Balaban J connectivity index is 2.12. The van der Waals surface area contributed by atoms with Crippen molar-refractivity contribution in [1.82, 2.24) is 5.32 Å². The lowest BCUT2D eigenvalue weighted by atomic mass is 9.85. The van der Waals surface area contributed by atoms with Gasteiger partial charge in [-0.15, -0.1) is 0 Å². The lowest BCUT2D eigenvalue weighted by molar-refractivity contribution is 0.00376. The highest BCUT2D eigenvalue weighted by Crippen LogP contribution is 2.27. The molecular formula is C12H25NO2. The Labute approximate surface area is 93.2 Å². The third-order valence-electron chi connectivity index (χ3n) is 3.18. The molecule has 0 heterocycles. The Hall–Kier alpha value is -0.120. The SMILES string of the molecule is COCC(C)CNCC1(O)CCCCC1. The maximum absolute atomic E-state index is 10.2. The van der Waals surface area contributed by atoms with Gasteiger partial charge in [-0.25, -0.2) is 0 Å². The fraction of sp³-hybridized carbons (Fsp3) is 1.00. The van der Waals surface area contributed by atoms with Crippen LogP contribution < -0.4 is 5.32 Å². The second-order valence-corrected chi connectivity index (χ2v) is 4.98. The summed E-state index contributed by atoms with van der Waals surface area (Å²) in [6.45, 7) is 4.60. The third-order valence-corrected chi connectivity index (χ3v) is 3.18. The number of hydrogen-bond acceptors (Lipinski definition) is 3. The van der Waals surface area contributed by atoms with Crippen LogP contribution in [0.4, 0.5) is 0 Å². The van der Waals surface area contributed by atoms with Gasteiger partial charge < -0.3 is 15.2 Å². The molecule has 3 nitrogen and oxygen atoms in total. The summed E-state index contributed by atoms with van der Waals surface area (Å²) in [6, 6.07) is 0. The van der Waals surface area contributed by atoms with Gasteiger partial charge in [0, 0.05) is 26.8 Å². The van der Waals surface area contributed by atoms with Crippen LogP contribution in [0.2, 0.25) is 0 Å². The molecule has 90 valence electrons. The molecule has 1 fully saturated rings. The van der Waals surface area contributed by atoms with E-state index in [1.165, 1.54) is 19.3 Å². The van der Waals surface area contributed by atoms with Gasteiger partial charge in [0.05, 0.1) is 5.60 Å². The van der Waals surface area contributed by atoms with Crippen molar-refractivity contribution in [2.24, 2.45) is 5.92 Å². The van der Waals surface area contributed by atoms with Crippen LogP contribution >= 0.6 is 0 Å². The van der Waals surface area contributed by atoms with Crippen LogP contribution in [0, 0.1) is 5.92 Å². The number of ether oxygens (including phenoxy) is 1. The minimum Gasteiger partial charge on any atom is -0.389 e. The quantitative estimate of drug-likeness (QED) is 0.706. The molecule has 0 radical (unpaired) electrons. The smallest absolute Gasteiger partial charge is 0.0771 e. The number of aliphatic hydroxyl groups is 1. The molecule has 0 aromatic carbocycles. The van der Waals surface area contributed by atoms with Crippen LogP contribution in [0.25, 0.3) is 0 Å². The van der Waals surface area contributed by atoms with Crippen molar-refractivity contribution in [2.45, 2.75) is 44.6 Å². The van der Waals surface area contributed by atoms with Gasteiger partial charge in [0.1, 0.15) is 0 Å². The standard InChI is InChI=1S/C12H25NO2/c1-11(9-15-2)8-13-10-12(14)6-4-3-5-7-12/h11,13-14H,3-10H2,1-2H3. The van der Waals surface area contributed by atoms with E-state index < -0.39 is 5.60 Å². The summed E-state index contributed by atoms with van der Waals surface area (Å²) in [6.07, 6.45) is 5.54. The Morgan fingerprint density at radius 3 is 2.60 bits per heavy atom. The maximum atomic E-state index is 10.2. The molecule has 0 bridgehead atoms. The molecule has 0 aliphatic heterocycles. The van der Waals surface area contributed by atoms with Gasteiger partial charge in [0.15, 0.2) is 0 Å². The molecule has 0 aromatic rings. The Morgan fingerprint density at radius 1 is 1.33 bits per heavy atom. The monoisotopic (exact) mass is 215 g/mol. The first-order valence-electron chi connectivity index (χ1n) is 6.08. The Bertz CT molecular complexity index is 167. The van der Waals surface area contributed by atoms with Gasteiger partial charge in [0.2, 0.25) is 0 Å². The van der Waals surface area contributed by atoms with E-state index in [2.05, 4.69) is 12.2 Å². The zero-order valence-electron chi connectivity index (χ0n) is 10.1. The van der Waals surface area contributed by atoms with Crippen LogP contribution in [0.3, 0.4) is 0 Å². The van der Waals surface area contributed by atoms with Crippen LogP contribution in [-0.2, 0) is 4.74 Å². The minimum absolute atomic E-state index is 0.439. The van der Waals surface area contributed by atoms with Gasteiger partial charge >= 0.3 is 0 Å². The molecule has 2 N–H and O–H groups in total. The summed E-state index contributed by atoms with van der Waals surface area (Å²) in [5, 5.41) is 13.6. The molecule has 3 heteroatoms. The zero-order valence-corrected chi connectivity index (χ0v) is 10.1. The Kier molecular flexibility index (Phi) is 5.58. The van der Waals surface area contributed by atoms with E-state index in [0.29, 0.717) is 5.92 Å². The van der Waals surface area contributed by atoms with Crippen LogP contribution in [-0.4, -0.2) is 37.5 Å². The van der Waals surface area contributed by atoms with Crippen molar-refractivity contribution in [3.05, 3.63) is 0 Å². The fourth-order valence-corrected chi connectivity index (χ4v) is 2.28. The van der Waals surface area contributed by atoms with Crippen molar-refractivity contribution in [2.75, 3.05) is 26.8 Å². The van der Waals surface area contributed by atoms with E-state index in [1.54, 1.807) is 7.11 Å². The van der Waals surface area contributed by atoms with Gasteiger partial charge in [-0.3, -0.25) is 0 Å². The zero-order chi connectivity index (χ0) is 11.1. The number of methoxy groups -OCH3 is 1. The molecule has 0 aromatic heterocycles. The molecule has 0 amide bonds. The lowest BCUT2D eigenvalue weighted by Crippen LogP contribution is -2.43. The molecule has 15 heavy (non-hydrogen) atoms. The average molecular weight is 215 g/mol. The molecule has 1 saturated carbocycles. The average Bonchev–Trinajstić information content (AvgIpc) is 2.19. The van der Waals surface area contributed by atoms with Crippen molar-refractivity contribution >= 4 is 0 Å². The fourth-order valence-electron chi connectivity index (χ4n) is 2.28.